The van der Waals surface area contributed by atoms with Gasteiger partial charge in [-0.3, -0.25) is 9.78 Å². The third-order valence-electron chi connectivity index (χ3n) is 5.46. The lowest BCUT2D eigenvalue weighted by Gasteiger charge is -2.26. The van der Waals surface area contributed by atoms with Crippen molar-refractivity contribution in [1.82, 2.24) is 15.6 Å². The first-order chi connectivity index (χ1) is 13.2. The molecule has 0 spiro atoms. The number of nitrogens with zero attached hydrogens (tertiary/aromatic N) is 1. The Balaban J connectivity index is 1.45. The van der Waals surface area contributed by atoms with Crippen LogP contribution in [0.3, 0.4) is 0 Å². The maximum Gasteiger partial charge on any atom is 0.227 e. The minimum absolute atomic E-state index is 0.0226. The van der Waals surface area contributed by atoms with Gasteiger partial charge in [0.15, 0.2) is 11.5 Å². The van der Waals surface area contributed by atoms with Crippen LogP contribution in [0.1, 0.15) is 27.9 Å². The van der Waals surface area contributed by atoms with E-state index in [4.69, 9.17) is 9.47 Å². The molecular weight excluding hydrogens is 342 g/mol. The van der Waals surface area contributed by atoms with Crippen molar-refractivity contribution in [1.29, 1.82) is 0 Å². The fourth-order valence-corrected chi connectivity index (χ4v) is 3.92. The number of pyridine rings is 1. The van der Waals surface area contributed by atoms with E-state index in [1.165, 1.54) is 11.1 Å². The SMILES string of the molecule is COc1cccc2c1OCC(C(=O)NCc1c(C)ncc3c1CCNC3)C2. The van der Waals surface area contributed by atoms with E-state index in [9.17, 15) is 4.79 Å². The number of fused-ring (bicyclic) bond motifs is 2. The summed E-state index contributed by atoms with van der Waals surface area (Å²) in [5.74, 6) is 1.31. The predicted molar refractivity (Wildman–Crippen MR) is 102 cm³/mol. The van der Waals surface area contributed by atoms with Crippen molar-refractivity contribution in [3.63, 3.8) is 0 Å². The number of amides is 1. The topological polar surface area (TPSA) is 72.5 Å². The molecule has 4 rings (SSSR count). The lowest BCUT2D eigenvalue weighted by molar-refractivity contribution is -0.126. The second-order valence-corrected chi connectivity index (χ2v) is 7.13. The Kier molecular flexibility index (Phi) is 4.99. The van der Waals surface area contributed by atoms with E-state index in [-0.39, 0.29) is 11.8 Å². The van der Waals surface area contributed by atoms with Crippen LogP contribution < -0.4 is 20.1 Å². The van der Waals surface area contributed by atoms with Gasteiger partial charge in [0, 0.05) is 25.0 Å². The van der Waals surface area contributed by atoms with Crippen LogP contribution in [0.25, 0.3) is 0 Å². The third kappa shape index (κ3) is 3.49. The number of aryl methyl sites for hydroxylation is 1. The highest BCUT2D eigenvalue weighted by molar-refractivity contribution is 5.79. The first kappa shape index (κ1) is 17.8. The zero-order valence-corrected chi connectivity index (χ0v) is 15.8. The molecule has 3 heterocycles. The van der Waals surface area contributed by atoms with Crippen molar-refractivity contribution in [2.75, 3.05) is 20.3 Å². The number of carbonyl (C=O) groups is 1. The number of para-hydroxylation sites is 1. The van der Waals surface area contributed by atoms with E-state index in [2.05, 4.69) is 15.6 Å². The summed E-state index contributed by atoms with van der Waals surface area (Å²) in [4.78, 5) is 17.3. The number of nitrogens with one attached hydrogen (secondary N) is 2. The Morgan fingerprint density at radius 1 is 1.41 bits per heavy atom. The van der Waals surface area contributed by atoms with Gasteiger partial charge in [0.05, 0.1) is 13.0 Å². The molecule has 6 nitrogen and oxygen atoms in total. The largest absolute Gasteiger partial charge is 0.493 e. The highest BCUT2D eigenvalue weighted by Gasteiger charge is 2.28. The molecule has 1 aromatic heterocycles. The average Bonchev–Trinajstić information content (AvgIpc) is 2.72. The summed E-state index contributed by atoms with van der Waals surface area (Å²) in [5, 5.41) is 6.48. The van der Waals surface area contributed by atoms with E-state index in [0.717, 1.165) is 47.8 Å². The molecule has 142 valence electrons. The second-order valence-electron chi connectivity index (χ2n) is 7.13. The molecule has 1 aromatic carbocycles. The molecule has 0 fully saturated rings. The Morgan fingerprint density at radius 3 is 3.15 bits per heavy atom. The van der Waals surface area contributed by atoms with Crippen molar-refractivity contribution in [2.45, 2.75) is 32.9 Å². The van der Waals surface area contributed by atoms with E-state index in [1.807, 2.05) is 31.3 Å². The van der Waals surface area contributed by atoms with Crippen LogP contribution in [0.4, 0.5) is 0 Å². The molecule has 0 bridgehead atoms. The maximum absolute atomic E-state index is 12.8. The van der Waals surface area contributed by atoms with E-state index in [1.54, 1.807) is 7.11 Å². The Bertz CT molecular complexity index is 866. The zero-order chi connectivity index (χ0) is 18.8. The summed E-state index contributed by atoms with van der Waals surface area (Å²) in [7, 11) is 1.63. The van der Waals surface area contributed by atoms with Gasteiger partial charge in [0.1, 0.15) is 6.61 Å². The predicted octanol–water partition coefficient (Wildman–Crippen LogP) is 1.91. The molecule has 2 aliphatic heterocycles. The van der Waals surface area contributed by atoms with Gasteiger partial charge < -0.3 is 20.1 Å². The fourth-order valence-electron chi connectivity index (χ4n) is 3.92. The van der Waals surface area contributed by atoms with Gasteiger partial charge in [-0.15, -0.1) is 0 Å². The fraction of sp³-hybridized carbons (Fsp3) is 0.429. The molecule has 1 atom stereocenters. The number of carbonyl (C=O) groups excluding carboxylic acids is 1. The zero-order valence-electron chi connectivity index (χ0n) is 15.8. The molecular formula is C21H25N3O3. The number of rotatable bonds is 4. The molecule has 2 aromatic rings. The number of aromatic nitrogens is 1. The van der Waals surface area contributed by atoms with Gasteiger partial charge in [-0.1, -0.05) is 12.1 Å². The monoisotopic (exact) mass is 367 g/mol. The van der Waals surface area contributed by atoms with Crippen LogP contribution in [0.15, 0.2) is 24.4 Å². The van der Waals surface area contributed by atoms with Crippen LogP contribution in [-0.4, -0.2) is 31.2 Å². The Hall–Kier alpha value is -2.60. The van der Waals surface area contributed by atoms with Crippen LogP contribution in [0.2, 0.25) is 0 Å². The van der Waals surface area contributed by atoms with Crippen molar-refractivity contribution >= 4 is 5.91 Å². The number of hydrogen-bond donors (Lipinski definition) is 2. The highest BCUT2D eigenvalue weighted by atomic mass is 16.5. The normalized spacial score (nSPS) is 18.1. The molecule has 2 N–H and O–H groups in total. The summed E-state index contributed by atoms with van der Waals surface area (Å²) < 4.78 is 11.2. The maximum atomic E-state index is 12.8. The van der Waals surface area contributed by atoms with Gasteiger partial charge in [-0.05, 0) is 54.6 Å². The lowest BCUT2D eigenvalue weighted by atomic mass is 9.94. The van der Waals surface area contributed by atoms with Gasteiger partial charge in [-0.2, -0.15) is 0 Å². The minimum Gasteiger partial charge on any atom is -0.493 e. The second kappa shape index (κ2) is 7.56. The first-order valence-corrected chi connectivity index (χ1v) is 9.40. The molecule has 0 aliphatic carbocycles. The van der Waals surface area contributed by atoms with Crippen LogP contribution in [-0.2, 0) is 30.7 Å². The lowest BCUT2D eigenvalue weighted by Crippen LogP contribution is -2.37. The van der Waals surface area contributed by atoms with Gasteiger partial charge in [-0.25, -0.2) is 0 Å². The summed E-state index contributed by atoms with van der Waals surface area (Å²) in [5.41, 5.74) is 5.73. The van der Waals surface area contributed by atoms with Gasteiger partial charge >= 0.3 is 0 Å². The summed E-state index contributed by atoms with van der Waals surface area (Å²) >= 11 is 0. The number of methoxy groups -OCH3 is 1. The van der Waals surface area contributed by atoms with Crippen LogP contribution in [0, 0.1) is 12.8 Å². The summed E-state index contributed by atoms with van der Waals surface area (Å²) in [6.45, 7) is 4.71. The van der Waals surface area contributed by atoms with Crippen LogP contribution in [0.5, 0.6) is 11.5 Å². The molecule has 1 amide bonds. The molecule has 0 saturated heterocycles. The molecule has 0 radical (unpaired) electrons. The highest BCUT2D eigenvalue weighted by Crippen LogP contribution is 2.36. The van der Waals surface area contributed by atoms with Gasteiger partial charge in [0.25, 0.3) is 0 Å². The molecule has 6 heteroatoms. The van der Waals surface area contributed by atoms with Crippen molar-refractivity contribution in [2.24, 2.45) is 5.92 Å². The van der Waals surface area contributed by atoms with Crippen molar-refractivity contribution in [3.8, 4) is 11.5 Å². The minimum atomic E-state index is -0.195. The smallest absolute Gasteiger partial charge is 0.227 e. The van der Waals surface area contributed by atoms with Gasteiger partial charge in [0.2, 0.25) is 5.91 Å². The van der Waals surface area contributed by atoms with E-state index < -0.39 is 0 Å². The standard InChI is InChI=1S/C21H25N3O3/c1-13-18(17-6-7-22-9-16(17)10-23-13)11-24-21(25)15-8-14-4-3-5-19(26-2)20(14)27-12-15/h3-5,10,15,22H,6-9,11-12H2,1-2H3,(H,24,25). The first-order valence-electron chi connectivity index (χ1n) is 9.40. The summed E-state index contributed by atoms with van der Waals surface area (Å²) in [6, 6.07) is 5.80. The number of benzene rings is 1. The molecule has 2 aliphatic rings. The average molecular weight is 367 g/mol. The molecule has 27 heavy (non-hydrogen) atoms. The number of hydrogen-bond acceptors (Lipinski definition) is 5. The summed E-state index contributed by atoms with van der Waals surface area (Å²) in [6.07, 6.45) is 3.58. The Morgan fingerprint density at radius 2 is 2.30 bits per heavy atom. The molecule has 1 unspecified atom stereocenters. The third-order valence-corrected chi connectivity index (χ3v) is 5.46. The quantitative estimate of drug-likeness (QED) is 0.864. The van der Waals surface area contributed by atoms with Crippen LogP contribution >= 0.6 is 0 Å². The Labute approximate surface area is 159 Å². The van der Waals surface area contributed by atoms with E-state index in [0.29, 0.717) is 19.6 Å². The number of ether oxygens (including phenoxy) is 2. The van der Waals surface area contributed by atoms with Crippen molar-refractivity contribution in [3.05, 3.63) is 52.3 Å². The molecule has 0 saturated carbocycles. The van der Waals surface area contributed by atoms with Crippen molar-refractivity contribution < 1.29 is 14.3 Å². The van der Waals surface area contributed by atoms with E-state index >= 15 is 0 Å².